The van der Waals surface area contributed by atoms with Gasteiger partial charge in [0.05, 0.1) is 18.8 Å². The first-order chi connectivity index (χ1) is 12.7. The lowest BCUT2D eigenvalue weighted by molar-refractivity contribution is 0.0767. The van der Waals surface area contributed by atoms with Crippen molar-refractivity contribution in [3.05, 3.63) is 46.6 Å². The normalized spacial score (nSPS) is 13.2. The third-order valence-corrected chi connectivity index (χ3v) is 4.94. The molecular weight excluding hydrogens is 348 g/mol. The van der Waals surface area contributed by atoms with Crippen LogP contribution in [-0.4, -0.2) is 38.7 Å². The van der Waals surface area contributed by atoms with Gasteiger partial charge in [0.15, 0.2) is 5.16 Å². The van der Waals surface area contributed by atoms with Crippen molar-refractivity contribution >= 4 is 23.5 Å². The van der Waals surface area contributed by atoms with Crippen molar-refractivity contribution in [2.75, 3.05) is 18.1 Å². The highest BCUT2D eigenvalue weighted by atomic mass is 32.2. The van der Waals surface area contributed by atoms with Crippen LogP contribution in [0.25, 0.3) is 0 Å². The smallest absolute Gasteiger partial charge is 0.260 e. The van der Waals surface area contributed by atoms with E-state index in [1.54, 1.807) is 4.90 Å². The fourth-order valence-corrected chi connectivity index (χ4v) is 3.32. The Morgan fingerprint density at radius 1 is 1.23 bits per heavy atom. The van der Waals surface area contributed by atoms with Crippen LogP contribution in [0.5, 0.6) is 0 Å². The van der Waals surface area contributed by atoms with Gasteiger partial charge in [-0.05, 0) is 23.8 Å². The molecule has 1 amide bonds. The van der Waals surface area contributed by atoms with Crippen molar-refractivity contribution in [1.29, 1.82) is 0 Å². The van der Waals surface area contributed by atoms with Gasteiger partial charge in [-0.25, -0.2) is 9.97 Å². The van der Waals surface area contributed by atoms with Gasteiger partial charge in [0.25, 0.3) is 5.91 Å². The first-order valence-electron chi connectivity index (χ1n) is 8.83. The molecule has 1 aromatic carbocycles. The molecule has 7 heteroatoms. The van der Waals surface area contributed by atoms with Crippen LogP contribution < -0.4 is 5.32 Å². The molecule has 6 nitrogen and oxygen atoms in total. The summed E-state index contributed by atoms with van der Waals surface area (Å²) in [5, 5.41) is 13.1. The fraction of sp³-hybridized carbons (Fsp3) is 0.421. The SMILES string of the molecule is CCCCNc1nc(SC)nc2c1C(=O)N(Cc1ccc(CO)cc1)C2. The summed E-state index contributed by atoms with van der Waals surface area (Å²) < 4.78 is 0. The van der Waals surface area contributed by atoms with Crippen LogP contribution in [0.15, 0.2) is 29.4 Å². The number of nitrogens with one attached hydrogen (secondary N) is 1. The standard InChI is InChI=1S/C19H24N4O2S/c1-3-4-9-20-17-16-15(21-19(22-17)26-2)11-23(18(16)25)10-13-5-7-14(12-24)8-6-13/h5-8,24H,3-4,9-12H2,1-2H3,(H,20,21,22). The van der Waals surface area contributed by atoms with Gasteiger partial charge >= 0.3 is 0 Å². The van der Waals surface area contributed by atoms with Gasteiger partial charge in [0.1, 0.15) is 11.4 Å². The number of aromatic nitrogens is 2. The van der Waals surface area contributed by atoms with Gasteiger partial charge in [-0.15, -0.1) is 0 Å². The van der Waals surface area contributed by atoms with Crippen LogP contribution in [-0.2, 0) is 19.7 Å². The van der Waals surface area contributed by atoms with E-state index >= 15 is 0 Å². The maximum Gasteiger partial charge on any atom is 0.260 e. The number of carbonyl (C=O) groups excluding carboxylic acids is 1. The molecular formula is C19H24N4O2S. The van der Waals surface area contributed by atoms with Gasteiger partial charge in [-0.2, -0.15) is 0 Å². The van der Waals surface area contributed by atoms with E-state index < -0.39 is 0 Å². The van der Waals surface area contributed by atoms with Crippen molar-refractivity contribution in [1.82, 2.24) is 14.9 Å². The van der Waals surface area contributed by atoms with Crippen LogP contribution in [0, 0.1) is 0 Å². The molecule has 0 atom stereocenters. The summed E-state index contributed by atoms with van der Waals surface area (Å²) in [5.41, 5.74) is 3.29. The highest BCUT2D eigenvalue weighted by Crippen LogP contribution is 2.30. The zero-order valence-electron chi connectivity index (χ0n) is 15.2. The predicted molar refractivity (Wildman–Crippen MR) is 103 cm³/mol. The molecule has 1 aliphatic heterocycles. The molecule has 0 bridgehead atoms. The Balaban J connectivity index is 1.81. The lowest BCUT2D eigenvalue weighted by Gasteiger charge is -2.15. The van der Waals surface area contributed by atoms with E-state index in [9.17, 15) is 4.79 Å². The molecule has 0 spiro atoms. The second-order valence-electron chi connectivity index (χ2n) is 6.30. The number of aliphatic hydroxyl groups is 1. The number of hydrogen-bond acceptors (Lipinski definition) is 6. The topological polar surface area (TPSA) is 78.4 Å². The molecule has 0 fully saturated rings. The van der Waals surface area contributed by atoms with E-state index in [4.69, 9.17) is 5.11 Å². The first kappa shape index (κ1) is 18.7. The highest BCUT2D eigenvalue weighted by molar-refractivity contribution is 7.98. The van der Waals surface area contributed by atoms with Gasteiger partial charge in [0.2, 0.25) is 0 Å². The summed E-state index contributed by atoms with van der Waals surface area (Å²) in [6, 6.07) is 7.65. The molecule has 2 aromatic rings. The molecule has 1 aromatic heterocycles. The average molecular weight is 372 g/mol. The quantitative estimate of drug-likeness (QED) is 0.421. The second-order valence-corrected chi connectivity index (χ2v) is 7.07. The summed E-state index contributed by atoms with van der Waals surface area (Å²) in [7, 11) is 0. The minimum atomic E-state index is -0.0297. The Bertz CT molecular complexity index is 780. The third kappa shape index (κ3) is 3.99. The largest absolute Gasteiger partial charge is 0.392 e. The number of unbranched alkanes of at least 4 members (excludes halogenated alkanes) is 1. The van der Waals surface area contributed by atoms with Crippen molar-refractivity contribution < 1.29 is 9.90 Å². The highest BCUT2D eigenvalue weighted by Gasteiger charge is 2.33. The van der Waals surface area contributed by atoms with Crippen molar-refractivity contribution in [2.24, 2.45) is 0 Å². The Kier molecular flexibility index (Phi) is 6.11. The zero-order valence-corrected chi connectivity index (χ0v) is 16.0. The maximum absolute atomic E-state index is 12.9. The number of carbonyl (C=O) groups is 1. The number of nitrogens with zero attached hydrogens (tertiary/aromatic N) is 3. The predicted octanol–water partition coefficient (Wildman–Crippen LogP) is 3.06. The summed E-state index contributed by atoms with van der Waals surface area (Å²) in [6.45, 7) is 3.96. The van der Waals surface area contributed by atoms with Crippen LogP contribution in [0.4, 0.5) is 5.82 Å². The summed E-state index contributed by atoms with van der Waals surface area (Å²) in [6.07, 6.45) is 4.05. The van der Waals surface area contributed by atoms with Crippen LogP contribution in [0.2, 0.25) is 0 Å². The van der Waals surface area contributed by atoms with E-state index in [1.807, 2.05) is 30.5 Å². The number of amides is 1. The van der Waals surface area contributed by atoms with Crippen LogP contribution >= 0.6 is 11.8 Å². The number of thioether (sulfide) groups is 1. The van der Waals surface area contributed by atoms with Crippen molar-refractivity contribution in [3.63, 3.8) is 0 Å². The van der Waals surface area contributed by atoms with Crippen molar-refractivity contribution in [2.45, 2.75) is 44.6 Å². The maximum atomic E-state index is 12.9. The van der Waals surface area contributed by atoms with E-state index in [0.29, 0.717) is 29.6 Å². The summed E-state index contributed by atoms with van der Waals surface area (Å²) in [4.78, 5) is 23.8. The van der Waals surface area contributed by atoms with Gasteiger partial charge < -0.3 is 15.3 Å². The first-order valence-corrected chi connectivity index (χ1v) is 10.1. The molecule has 0 aliphatic carbocycles. The average Bonchev–Trinajstić information content (AvgIpc) is 2.98. The minimum absolute atomic E-state index is 0.0220. The third-order valence-electron chi connectivity index (χ3n) is 4.39. The fourth-order valence-electron chi connectivity index (χ4n) is 2.94. The molecule has 3 rings (SSSR count). The van der Waals surface area contributed by atoms with Gasteiger partial charge in [-0.1, -0.05) is 49.4 Å². The van der Waals surface area contributed by atoms with E-state index in [0.717, 1.165) is 36.2 Å². The molecule has 1 aliphatic rings. The summed E-state index contributed by atoms with van der Waals surface area (Å²) in [5.74, 6) is 0.619. The number of aliphatic hydroxyl groups excluding tert-OH is 1. The van der Waals surface area contributed by atoms with E-state index in [1.165, 1.54) is 11.8 Å². The zero-order chi connectivity index (χ0) is 18.5. The number of hydrogen-bond donors (Lipinski definition) is 2. The molecule has 0 radical (unpaired) electrons. The Labute approximate surface area is 158 Å². The summed E-state index contributed by atoms with van der Waals surface area (Å²) >= 11 is 1.48. The lowest BCUT2D eigenvalue weighted by Crippen LogP contribution is -2.24. The Morgan fingerprint density at radius 3 is 2.62 bits per heavy atom. The van der Waals surface area contributed by atoms with Crippen LogP contribution in [0.3, 0.4) is 0 Å². The molecule has 0 saturated heterocycles. The van der Waals surface area contributed by atoms with Crippen LogP contribution in [0.1, 0.15) is 46.9 Å². The van der Waals surface area contributed by atoms with Crippen molar-refractivity contribution in [3.8, 4) is 0 Å². The number of fused-ring (bicyclic) bond motifs is 1. The monoisotopic (exact) mass is 372 g/mol. The Morgan fingerprint density at radius 2 is 1.96 bits per heavy atom. The van der Waals surface area contributed by atoms with Gasteiger partial charge in [0, 0.05) is 13.1 Å². The van der Waals surface area contributed by atoms with Gasteiger partial charge in [-0.3, -0.25) is 4.79 Å². The Hall–Kier alpha value is -2.12. The molecule has 26 heavy (non-hydrogen) atoms. The number of rotatable bonds is 8. The molecule has 138 valence electrons. The molecule has 0 saturated carbocycles. The van der Waals surface area contributed by atoms with E-state index in [2.05, 4.69) is 22.2 Å². The molecule has 2 N–H and O–H groups in total. The molecule has 2 heterocycles. The lowest BCUT2D eigenvalue weighted by atomic mass is 10.1. The number of benzene rings is 1. The number of anilines is 1. The molecule has 0 unspecified atom stereocenters. The second kappa shape index (κ2) is 8.51. The van der Waals surface area contributed by atoms with E-state index in [-0.39, 0.29) is 12.5 Å². The minimum Gasteiger partial charge on any atom is -0.392 e.